The molecule has 0 radical (unpaired) electrons. The van der Waals surface area contributed by atoms with Crippen LogP contribution in [0.1, 0.15) is 18.6 Å². The summed E-state index contributed by atoms with van der Waals surface area (Å²) in [6.07, 6.45) is -0.836. The second-order valence-corrected chi connectivity index (χ2v) is 5.03. The van der Waals surface area contributed by atoms with E-state index in [4.69, 9.17) is 4.74 Å². The van der Waals surface area contributed by atoms with Crippen LogP contribution >= 0.6 is 0 Å². The van der Waals surface area contributed by atoms with Gasteiger partial charge >= 0.3 is 5.97 Å². The van der Waals surface area contributed by atoms with E-state index < -0.39 is 12.1 Å². The van der Waals surface area contributed by atoms with Gasteiger partial charge in [0.2, 0.25) is 6.10 Å². The number of benzene rings is 1. The summed E-state index contributed by atoms with van der Waals surface area (Å²) in [4.78, 5) is 27.8. The summed E-state index contributed by atoms with van der Waals surface area (Å²) in [6, 6.07) is 9.16. The maximum Gasteiger partial charge on any atom is 0.303 e. The van der Waals surface area contributed by atoms with Gasteiger partial charge in [0.05, 0.1) is 0 Å². The molecule has 1 aromatic carbocycles. The Hall–Kier alpha value is -1.88. The highest BCUT2D eigenvalue weighted by molar-refractivity contribution is 5.84. The van der Waals surface area contributed by atoms with Crippen LogP contribution in [-0.4, -0.2) is 54.9 Å². The molecule has 1 heterocycles. The fourth-order valence-electron chi connectivity index (χ4n) is 2.25. The Labute approximate surface area is 119 Å². The highest BCUT2D eigenvalue weighted by Gasteiger charge is 2.30. The normalized spacial score (nSPS) is 17.6. The minimum atomic E-state index is -0.836. The van der Waals surface area contributed by atoms with E-state index >= 15 is 0 Å². The average molecular weight is 276 g/mol. The number of rotatable bonds is 3. The van der Waals surface area contributed by atoms with Crippen LogP contribution in [0.3, 0.4) is 0 Å². The zero-order chi connectivity index (χ0) is 14.5. The SMILES string of the molecule is CC(=O)O[C@H](C(=O)N1CCN(C)CC1)c1ccccc1. The Morgan fingerprint density at radius 2 is 1.70 bits per heavy atom. The summed E-state index contributed by atoms with van der Waals surface area (Å²) in [5, 5.41) is 0. The number of esters is 1. The predicted octanol–water partition coefficient (Wildman–Crippen LogP) is 1.06. The van der Waals surface area contributed by atoms with Crippen molar-refractivity contribution in [1.29, 1.82) is 0 Å². The van der Waals surface area contributed by atoms with Crippen molar-refractivity contribution in [3.8, 4) is 0 Å². The minimum absolute atomic E-state index is 0.139. The smallest absolute Gasteiger partial charge is 0.303 e. The quantitative estimate of drug-likeness (QED) is 0.775. The van der Waals surface area contributed by atoms with Gasteiger partial charge in [0.1, 0.15) is 0 Å². The number of amides is 1. The Morgan fingerprint density at radius 1 is 1.10 bits per heavy atom. The largest absolute Gasteiger partial charge is 0.447 e. The molecule has 108 valence electrons. The first-order chi connectivity index (χ1) is 9.58. The van der Waals surface area contributed by atoms with Crippen LogP contribution in [0.15, 0.2) is 30.3 Å². The maximum atomic E-state index is 12.6. The van der Waals surface area contributed by atoms with E-state index in [0.717, 1.165) is 13.1 Å². The molecule has 0 aromatic heterocycles. The average Bonchev–Trinajstić information content (AvgIpc) is 2.45. The van der Waals surface area contributed by atoms with Gasteiger partial charge in [0.15, 0.2) is 0 Å². The lowest BCUT2D eigenvalue weighted by molar-refractivity contribution is -0.160. The van der Waals surface area contributed by atoms with Gasteiger partial charge in [-0.1, -0.05) is 30.3 Å². The number of carbonyl (C=O) groups excluding carboxylic acids is 2. The predicted molar refractivity (Wildman–Crippen MR) is 75.0 cm³/mol. The van der Waals surface area contributed by atoms with Gasteiger partial charge in [0, 0.05) is 38.7 Å². The minimum Gasteiger partial charge on any atom is -0.447 e. The Morgan fingerprint density at radius 3 is 2.25 bits per heavy atom. The van der Waals surface area contributed by atoms with Crippen molar-refractivity contribution in [3.05, 3.63) is 35.9 Å². The van der Waals surface area contributed by atoms with Crippen LogP contribution in [-0.2, 0) is 14.3 Å². The molecular weight excluding hydrogens is 256 g/mol. The first-order valence-corrected chi connectivity index (χ1v) is 6.77. The standard InChI is InChI=1S/C15H20N2O3/c1-12(18)20-14(13-6-4-3-5-7-13)15(19)17-10-8-16(2)9-11-17/h3-7,14H,8-11H2,1-2H3/t14-/m0/s1. The molecule has 5 heteroatoms. The molecule has 1 aliphatic heterocycles. The molecule has 1 aliphatic rings. The number of piperazine rings is 1. The van der Waals surface area contributed by atoms with Crippen LogP contribution in [0.2, 0.25) is 0 Å². The highest BCUT2D eigenvalue weighted by atomic mass is 16.5. The van der Waals surface area contributed by atoms with Crippen LogP contribution in [0.25, 0.3) is 0 Å². The summed E-state index contributed by atoms with van der Waals surface area (Å²) in [5.74, 6) is -0.583. The molecular formula is C15H20N2O3. The molecule has 0 bridgehead atoms. The first-order valence-electron chi connectivity index (χ1n) is 6.77. The van der Waals surface area contributed by atoms with E-state index in [1.807, 2.05) is 37.4 Å². The summed E-state index contributed by atoms with van der Waals surface area (Å²) >= 11 is 0. The lowest BCUT2D eigenvalue weighted by Gasteiger charge is -2.34. The van der Waals surface area contributed by atoms with Crippen molar-refractivity contribution in [2.45, 2.75) is 13.0 Å². The highest BCUT2D eigenvalue weighted by Crippen LogP contribution is 2.21. The summed E-state index contributed by atoms with van der Waals surface area (Å²) in [6.45, 7) is 4.34. The van der Waals surface area contributed by atoms with Crippen molar-refractivity contribution < 1.29 is 14.3 Å². The van der Waals surface area contributed by atoms with Gasteiger partial charge in [-0.15, -0.1) is 0 Å². The van der Waals surface area contributed by atoms with Gasteiger partial charge in [-0.3, -0.25) is 9.59 Å². The molecule has 1 saturated heterocycles. The number of carbonyl (C=O) groups is 2. The molecule has 1 atom stereocenters. The number of nitrogens with zero attached hydrogens (tertiary/aromatic N) is 2. The third kappa shape index (κ3) is 3.57. The first kappa shape index (κ1) is 14.5. The molecule has 0 saturated carbocycles. The molecule has 0 aliphatic carbocycles. The van der Waals surface area contributed by atoms with E-state index in [0.29, 0.717) is 18.7 Å². The van der Waals surface area contributed by atoms with E-state index in [1.165, 1.54) is 6.92 Å². The van der Waals surface area contributed by atoms with E-state index in [2.05, 4.69) is 4.90 Å². The number of hydrogen-bond acceptors (Lipinski definition) is 4. The maximum absolute atomic E-state index is 12.6. The molecule has 2 rings (SSSR count). The molecule has 0 spiro atoms. The zero-order valence-electron chi connectivity index (χ0n) is 11.9. The zero-order valence-corrected chi connectivity index (χ0v) is 11.9. The van der Waals surface area contributed by atoms with Crippen LogP contribution < -0.4 is 0 Å². The molecule has 1 amide bonds. The Bertz CT molecular complexity index is 467. The van der Waals surface area contributed by atoms with Gasteiger partial charge in [-0.25, -0.2) is 0 Å². The topological polar surface area (TPSA) is 49.9 Å². The van der Waals surface area contributed by atoms with Crippen molar-refractivity contribution in [3.63, 3.8) is 0 Å². The van der Waals surface area contributed by atoms with Crippen LogP contribution in [0.4, 0.5) is 0 Å². The monoisotopic (exact) mass is 276 g/mol. The lowest BCUT2D eigenvalue weighted by atomic mass is 10.1. The van der Waals surface area contributed by atoms with Crippen LogP contribution in [0.5, 0.6) is 0 Å². The molecule has 0 unspecified atom stereocenters. The molecule has 0 N–H and O–H groups in total. The van der Waals surface area contributed by atoms with E-state index in [1.54, 1.807) is 4.90 Å². The molecule has 1 aromatic rings. The van der Waals surface area contributed by atoms with Crippen molar-refractivity contribution in [2.24, 2.45) is 0 Å². The third-order valence-electron chi connectivity index (χ3n) is 3.43. The second-order valence-electron chi connectivity index (χ2n) is 5.03. The van der Waals surface area contributed by atoms with E-state index in [-0.39, 0.29) is 5.91 Å². The summed E-state index contributed by atoms with van der Waals surface area (Å²) < 4.78 is 5.23. The number of hydrogen-bond donors (Lipinski definition) is 0. The van der Waals surface area contributed by atoms with Crippen molar-refractivity contribution >= 4 is 11.9 Å². The fraction of sp³-hybridized carbons (Fsp3) is 0.467. The molecule has 1 fully saturated rings. The van der Waals surface area contributed by atoms with Crippen molar-refractivity contribution in [1.82, 2.24) is 9.80 Å². The molecule has 20 heavy (non-hydrogen) atoms. The summed E-state index contributed by atoms with van der Waals surface area (Å²) in [5.41, 5.74) is 0.714. The van der Waals surface area contributed by atoms with E-state index in [9.17, 15) is 9.59 Å². The summed E-state index contributed by atoms with van der Waals surface area (Å²) in [7, 11) is 2.03. The van der Waals surface area contributed by atoms with Gasteiger partial charge in [-0.05, 0) is 7.05 Å². The fourth-order valence-corrected chi connectivity index (χ4v) is 2.25. The van der Waals surface area contributed by atoms with Gasteiger partial charge < -0.3 is 14.5 Å². The number of likely N-dealkylation sites (N-methyl/N-ethyl adjacent to an activating group) is 1. The van der Waals surface area contributed by atoms with Gasteiger partial charge in [0.25, 0.3) is 5.91 Å². The van der Waals surface area contributed by atoms with Crippen LogP contribution in [0, 0.1) is 0 Å². The number of ether oxygens (including phenoxy) is 1. The van der Waals surface area contributed by atoms with Gasteiger partial charge in [-0.2, -0.15) is 0 Å². The third-order valence-corrected chi connectivity index (χ3v) is 3.43. The Balaban J connectivity index is 2.14. The second kappa shape index (κ2) is 6.52. The molecule has 5 nitrogen and oxygen atoms in total. The van der Waals surface area contributed by atoms with Crippen molar-refractivity contribution in [2.75, 3.05) is 33.2 Å². The lowest BCUT2D eigenvalue weighted by Crippen LogP contribution is -2.49. The Kier molecular flexibility index (Phi) is 4.74.